The third-order valence-electron chi connectivity index (χ3n) is 2.46. The van der Waals surface area contributed by atoms with E-state index >= 15 is 0 Å². The fourth-order valence-corrected chi connectivity index (χ4v) is 1.53. The first-order chi connectivity index (χ1) is 6.83. The van der Waals surface area contributed by atoms with Crippen LogP contribution in [-0.4, -0.2) is 41.6 Å². The largest absolute Gasteiger partial charge is 0.364 e. The molecule has 0 atom stereocenters. The first-order valence-electron chi connectivity index (χ1n) is 4.75. The summed E-state index contributed by atoms with van der Waals surface area (Å²) in [4.78, 5) is 13.7. The number of nitrogens with zero attached hydrogens (tertiary/aromatic N) is 2. The van der Waals surface area contributed by atoms with Crippen LogP contribution in [-0.2, 0) is 0 Å². The Balaban J connectivity index is 2.08. The molecule has 0 aromatic carbocycles. The minimum absolute atomic E-state index is 0.0484. The van der Waals surface area contributed by atoms with Crippen LogP contribution < -0.4 is 5.32 Å². The molecular weight excluding hydrogens is 182 g/mol. The monoisotopic (exact) mass is 195 g/mol. The first-order valence-corrected chi connectivity index (χ1v) is 4.75. The van der Waals surface area contributed by atoms with Crippen molar-refractivity contribution in [3.63, 3.8) is 0 Å². The van der Waals surface area contributed by atoms with Gasteiger partial charge in [-0.2, -0.15) is 0 Å². The molecule has 2 rings (SSSR count). The number of amides is 1. The zero-order valence-electron chi connectivity index (χ0n) is 8.06. The lowest BCUT2D eigenvalue weighted by Crippen LogP contribution is -2.58. The molecule has 1 amide bonds. The zero-order valence-corrected chi connectivity index (χ0v) is 8.06. The highest BCUT2D eigenvalue weighted by atomic mass is 16.5. The van der Waals surface area contributed by atoms with Crippen LogP contribution in [0.25, 0.3) is 0 Å². The van der Waals surface area contributed by atoms with Crippen LogP contribution in [0.2, 0.25) is 0 Å². The van der Waals surface area contributed by atoms with Crippen molar-refractivity contribution in [2.75, 3.05) is 19.6 Å². The Morgan fingerprint density at radius 3 is 3.00 bits per heavy atom. The third-order valence-corrected chi connectivity index (χ3v) is 2.46. The summed E-state index contributed by atoms with van der Waals surface area (Å²) in [6.07, 6.45) is 1.42. The molecule has 1 aliphatic rings. The molecule has 5 heteroatoms. The fourth-order valence-electron chi connectivity index (χ4n) is 1.53. The summed E-state index contributed by atoms with van der Waals surface area (Å²) >= 11 is 0. The molecule has 0 saturated carbocycles. The van der Waals surface area contributed by atoms with E-state index in [2.05, 4.69) is 15.0 Å². The standard InChI is InChI=1S/C9H13N3O2/c1-2-12(7-5-10-6-7)9(13)8-3-4-14-11-8/h3-4,7,10H,2,5-6H2,1H3. The van der Waals surface area contributed by atoms with E-state index in [1.807, 2.05) is 11.8 Å². The van der Waals surface area contributed by atoms with E-state index in [4.69, 9.17) is 0 Å². The molecule has 1 saturated heterocycles. The molecule has 1 aromatic heterocycles. The Kier molecular flexibility index (Phi) is 2.49. The van der Waals surface area contributed by atoms with Gasteiger partial charge in [0.1, 0.15) is 6.26 Å². The second-order valence-corrected chi connectivity index (χ2v) is 3.29. The van der Waals surface area contributed by atoms with Crippen molar-refractivity contribution in [1.82, 2.24) is 15.4 Å². The fraction of sp³-hybridized carbons (Fsp3) is 0.556. The molecule has 1 aliphatic heterocycles. The van der Waals surface area contributed by atoms with Crippen LogP contribution in [0, 0.1) is 0 Å². The van der Waals surface area contributed by atoms with Gasteiger partial charge in [0.15, 0.2) is 5.69 Å². The number of carbonyl (C=O) groups excluding carboxylic acids is 1. The van der Waals surface area contributed by atoms with E-state index in [1.54, 1.807) is 6.07 Å². The van der Waals surface area contributed by atoms with Gasteiger partial charge in [-0.3, -0.25) is 4.79 Å². The van der Waals surface area contributed by atoms with E-state index in [-0.39, 0.29) is 5.91 Å². The highest BCUT2D eigenvalue weighted by Crippen LogP contribution is 2.09. The lowest BCUT2D eigenvalue weighted by Gasteiger charge is -2.37. The zero-order chi connectivity index (χ0) is 9.97. The molecule has 5 nitrogen and oxygen atoms in total. The summed E-state index contributed by atoms with van der Waals surface area (Å²) in [5, 5.41) is 6.78. The summed E-state index contributed by atoms with van der Waals surface area (Å²) in [6.45, 7) is 4.42. The normalized spacial score (nSPS) is 16.4. The number of hydrogen-bond donors (Lipinski definition) is 1. The lowest BCUT2D eigenvalue weighted by molar-refractivity contribution is 0.0619. The second-order valence-electron chi connectivity index (χ2n) is 3.29. The van der Waals surface area contributed by atoms with Crippen molar-refractivity contribution < 1.29 is 9.32 Å². The van der Waals surface area contributed by atoms with Crippen LogP contribution in [0.1, 0.15) is 17.4 Å². The Labute approximate surface area is 82.1 Å². The van der Waals surface area contributed by atoms with Gasteiger partial charge >= 0.3 is 0 Å². The van der Waals surface area contributed by atoms with Crippen LogP contribution in [0.4, 0.5) is 0 Å². The first kappa shape index (κ1) is 9.21. The van der Waals surface area contributed by atoms with Gasteiger partial charge in [0, 0.05) is 25.7 Å². The second kappa shape index (κ2) is 3.79. The molecule has 0 unspecified atom stereocenters. The number of carbonyl (C=O) groups is 1. The predicted octanol–water partition coefficient (Wildman–Crippen LogP) is 0.108. The maximum Gasteiger partial charge on any atom is 0.276 e. The summed E-state index contributed by atoms with van der Waals surface area (Å²) in [5.74, 6) is -0.0484. The molecule has 0 spiro atoms. The van der Waals surface area contributed by atoms with Gasteiger partial charge in [-0.25, -0.2) is 0 Å². The van der Waals surface area contributed by atoms with Crippen LogP contribution in [0.15, 0.2) is 16.9 Å². The molecule has 2 heterocycles. The van der Waals surface area contributed by atoms with E-state index in [9.17, 15) is 4.79 Å². The van der Waals surface area contributed by atoms with Gasteiger partial charge in [0.25, 0.3) is 5.91 Å². The molecular formula is C9H13N3O2. The molecule has 0 bridgehead atoms. The smallest absolute Gasteiger partial charge is 0.276 e. The molecule has 1 aromatic rings. The Bertz CT molecular complexity index is 306. The van der Waals surface area contributed by atoms with Crippen LogP contribution >= 0.6 is 0 Å². The highest BCUT2D eigenvalue weighted by Gasteiger charge is 2.28. The van der Waals surface area contributed by atoms with E-state index in [0.717, 1.165) is 13.1 Å². The molecule has 0 aliphatic carbocycles. The number of hydrogen-bond acceptors (Lipinski definition) is 4. The molecule has 0 radical (unpaired) electrons. The maximum absolute atomic E-state index is 11.8. The Morgan fingerprint density at radius 1 is 1.79 bits per heavy atom. The number of nitrogens with one attached hydrogen (secondary N) is 1. The van der Waals surface area contributed by atoms with Crippen LogP contribution in [0.3, 0.4) is 0 Å². The van der Waals surface area contributed by atoms with Crippen molar-refractivity contribution >= 4 is 5.91 Å². The van der Waals surface area contributed by atoms with Gasteiger partial charge in [0.05, 0.1) is 6.04 Å². The number of aromatic nitrogens is 1. The Morgan fingerprint density at radius 2 is 2.57 bits per heavy atom. The van der Waals surface area contributed by atoms with Crippen molar-refractivity contribution in [2.24, 2.45) is 0 Å². The van der Waals surface area contributed by atoms with Gasteiger partial charge in [-0.15, -0.1) is 0 Å². The SMILES string of the molecule is CCN(C(=O)c1ccon1)C1CNC1. The lowest BCUT2D eigenvalue weighted by atomic mass is 10.1. The summed E-state index contributed by atoms with van der Waals surface area (Å²) in [5.41, 5.74) is 0.388. The minimum atomic E-state index is -0.0484. The molecule has 1 N–H and O–H groups in total. The average Bonchev–Trinajstić information content (AvgIpc) is 2.62. The highest BCUT2D eigenvalue weighted by molar-refractivity contribution is 5.92. The van der Waals surface area contributed by atoms with E-state index in [1.165, 1.54) is 6.26 Å². The summed E-state index contributed by atoms with van der Waals surface area (Å²) < 4.78 is 4.65. The van der Waals surface area contributed by atoms with Gasteiger partial charge in [-0.1, -0.05) is 5.16 Å². The van der Waals surface area contributed by atoms with Gasteiger partial charge in [-0.05, 0) is 6.92 Å². The van der Waals surface area contributed by atoms with E-state index in [0.29, 0.717) is 18.3 Å². The predicted molar refractivity (Wildman–Crippen MR) is 49.9 cm³/mol. The van der Waals surface area contributed by atoms with Crippen molar-refractivity contribution in [3.05, 3.63) is 18.0 Å². The van der Waals surface area contributed by atoms with Crippen molar-refractivity contribution in [1.29, 1.82) is 0 Å². The molecule has 76 valence electrons. The van der Waals surface area contributed by atoms with E-state index < -0.39 is 0 Å². The third kappa shape index (κ3) is 1.50. The topological polar surface area (TPSA) is 58.4 Å². The summed E-state index contributed by atoms with van der Waals surface area (Å²) in [6, 6.07) is 1.90. The number of rotatable bonds is 3. The van der Waals surface area contributed by atoms with Gasteiger partial charge in [0.2, 0.25) is 0 Å². The minimum Gasteiger partial charge on any atom is -0.364 e. The quantitative estimate of drug-likeness (QED) is 0.743. The Hall–Kier alpha value is -1.36. The average molecular weight is 195 g/mol. The molecule has 1 fully saturated rings. The maximum atomic E-state index is 11.8. The van der Waals surface area contributed by atoms with Crippen LogP contribution in [0.5, 0.6) is 0 Å². The van der Waals surface area contributed by atoms with Crippen molar-refractivity contribution in [2.45, 2.75) is 13.0 Å². The van der Waals surface area contributed by atoms with Gasteiger partial charge < -0.3 is 14.7 Å². The molecule has 14 heavy (non-hydrogen) atoms. The van der Waals surface area contributed by atoms with Crippen molar-refractivity contribution in [3.8, 4) is 0 Å². The number of likely N-dealkylation sites (N-methyl/N-ethyl adjacent to an activating group) is 1. The summed E-state index contributed by atoms with van der Waals surface area (Å²) in [7, 11) is 0.